The smallest absolute Gasteiger partial charge is 0.416 e. The fourth-order valence-electron chi connectivity index (χ4n) is 3.95. The summed E-state index contributed by atoms with van der Waals surface area (Å²) in [5, 5.41) is 12.8. The summed E-state index contributed by atoms with van der Waals surface area (Å²) in [7, 11) is 0. The zero-order valence-corrected chi connectivity index (χ0v) is 22.3. The highest BCUT2D eigenvalue weighted by atomic mass is 32.1. The first-order valence-electron chi connectivity index (χ1n) is 12.2. The van der Waals surface area contributed by atoms with Crippen LogP contribution >= 0.6 is 11.5 Å². The van der Waals surface area contributed by atoms with E-state index >= 15 is 0 Å². The summed E-state index contributed by atoms with van der Waals surface area (Å²) >= 11 is 1.40. The molecule has 196 valence electrons. The number of amidine groups is 1. The van der Waals surface area contributed by atoms with Crippen molar-refractivity contribution in [3.8, 4) is 11.9 Å². The summed E-state index contributed by atoms with van der Waals surface area (Å²) in [6.45, 7) is 11.5. The van der Waals surface area contributed by atoms with E-state index in [9.17, 15) is 18.4 Å². The normalized spacial score (nSPS) is 19.5. The number of aromatic nitrogens is 1. The summed E-state index contributed by atoms with van der Waals surface area (Å²) in [4.78, 5) is 8.50. The van der Waals surface area contributed by atoms with Gasteiger partial charge in [0.25, 0.3) is 0 Å². The lowest BCUT2D eigenvalue weighted by molar-refractivity contribution is -0.137. The molecular formula is C26H34F3N5OS. The van der Waals surface area contributed by atoms with Gasteiger partial charge in [0.05, 0.1) is 11.1 Å². The van der Waals surface area contributed by atoms with Gasteiger partial charge in [0.15, 0.2) is 5.84 Å². The number of ether oxygens (including phenoxy) is 1. The molecule has 0 amide bonds. The van der Waals surface area contributed by atoms with Gasteiger partial charge in [0.2, 0.25) is 6.19 Å². The minimum absolute atomic E-state index is 0.0464. The number of unbranched alkanes of at least 4 members (excludes halogenated alkanes) is 1. The standard InChI is InChI=1S/C26H34F3N5OS/c1-6-7-9-18-15-34(24(2,3)4)36-23(18)33-22(31-17-30)20-14-19(26(27,28)29)10-11-21(20)35-16-25(5)12-8-13-32-25/h10-11,14-15,32H,6-9,12-13,16H2,1-5H3/b31-22?,33-23-/t25-/m0/s1. The largest absolute Gasteiger partial charge is 0.491 e. The predicted molar refractivity (Wildman–Crippen MR) is 136 cm³/mol. The molecule has 0 spiro atoms. The van der Waals surface area contributed by atoms with E-state index in [4.69, 9.17) is 4.74 Å². The molecule has 2 heterocycles. The van der Waals surface area contributed by atoms with E-state index in [0.717, 1.165) is 56.3 Å². The van der Waals surface area contributed by atoms with Crippen LogP contribution in [0.1, 0.15) is 77.0 Å². The van der Waals surface area contributed by atoms with Crippen molar-refractivity contribution in [2.75, 3.05) is 13.2 Å². The summed E-state index contributed by atoms with van der Waals surface area (Å²) in [6.07, 6.45) is 3.79. The van der Waals surface area contributed by atoms with Gasteiger partial charge in [0.1, 0.15) is 17.0 Å². The molecule has 0 aliphatic carbocycles. The van der Waals surface area contributed by atoms with E-state index in [-0.39, 0.29) is 34.8 Å². The zero-order valence-electron chi connectivity index (χ0n) is 21.5. The van der Waals surface area contributed by atoms with E-state index < -0.39 is 11.7 Å². The first-order chi connectivity index (χ1) is 16.9. The molecule has 1 saturated heterocycles. The van der Waals surface area contributed by atoms with Crippen molar-refractivity contribution in [1.82, 2.24) is 9.27 Å². The van der Waals surface area contributed by atoms with Crippen LogP contribution in [0.3, 0.4) is 0 Å². The third-order valence-electron chi connectivity index (χ3n) is 6.11. The van der Waals surface area contributed by atoms with Gasteiger partial charge in [-0.15, -0.1) is 0 Å². The highest BCUT2D eigenvalue weighted by Crippen LogP contribution is 2.34. The average molecular weight is 522 g/mol. The number of alkyl halides is 3. The number of nitrogens with zero attached hydrogens (tertiary/aromatic N) is 4. The first kappa shape index (κ1) is 27.9. The van der Waals surface area contributed by atoms with E-state index in [2.05, 4.69) is 47.0 Å². The quantitative estimate of drug-likeness (QED) is 0.275. The van der Waals surface area contributed by atoms with Crippen molar-refractivity contribution in [1.29, 1.82) is 5.26 Å². The summed E-state index contributed by atoms with van der Waals surface area (Å²) in [5.74, 6) is 0.120. The number of aliphatic imine (C=N–C) groups is 1. The maximum absolute atomic E-state index is 13.6. The summed E-state index contributed by atoms with van der Waals surface area (Å²) in [5.41, 5.74) is -0.300. The second kappa shape index (κ2) is 11.2. The minimum Gasteiger partial charge on any atom is -0.491 e. The molecule has 1 fully saturated rings. The third-order valence-corrected chi connectivity index (χ3v) is 7.48. The number of rotatable bonds is 7. The van der Waals surface area contributed by atoms with Crippen molar-refractivity contribution in [3.05, 3.63) is 45.8 Å². The number of nitrogens with one attached hydrogen (secondary N) is 1. The highest BCUT2D eigenvalue weighted by Gasteiger charge is 2.33. The van der Waals surface area contributed by atoms with Crippen LogP contribution in [0.25, 0.3) is 0 Å². The molecule has 0 bridgehead atoms. The van der Waals surface area contributed by atoms with Crippen LogP contribution in [0.4, 0.5) is 13.2 Å². The molecule has 36 heavy (non-hydrogen) atoms. The number of halogens is 3. The maximum atomic E-state index is 13.6. The number of nitriles is 1. The topological polar surface area (TPSA) is 74.7 Å². The van der Waals surface area contributed by atoms with Crippen LogP contribution in [0, 0.1) is 11.5 Å². The van der Waals surface area contributed by atoms with Crippen LogP contribution in [-0.2, 0) is 18.1 Å². The molecule has 0 unspecified atom stereocenters. The zero-order chi connectivity index (χ0) is 26.6. The molecule has 0 saturated carbocycles. The average Bonchev–Trinajstić information content (AvgIpc) is 3.42. The van der Waals surface area contributed by atoms with Gasteiger partial charge in [-0.25, -0.2) is 4.99 Å². The van der Waals surface area contributed by atoms with Crippen molar-refractivity contribution in [2.24, 2.45) is 9.98 Å². The Bertz CT molecular complexity index is 1190. The number of benzene rings is 1. The predicted octanol–water partition coefficient (Wildman–Crippen LogP) is 6.02. The van der Waals surface area contributed by atoms with E-state index in [1.165, 1.54) is 17.6 Å². The number of aryl methyl sites for hydroxylation is 1. The lowest BCUT2D eigenvalue weighted by Crippen LogP contribution is -2.42. The monoisotopic (exact) mass is 521 g/mol. The third kappa shape index (κ3) is 6.98. The number of hydrogen-bond acceptors (Lipinski definition) is 5. The first-order valence-corrected chi connectivity index (χ1v) is 13.0. The van der Waals surface area contributed by atoms with Crippen LogP contribution in [-0.4, -0.2) is 28.5 Å². The Balaban J connectivity index is 2.13. The van der Waals surface area contributed by atoms with Gasteiger partial charge in [-0.1, -0.05) is 13.3 Å². The fourth-order valence-corrected chi connectivity index (χ4v) is 4.99. The Morgan fingerprint density at radius 2 is 2.06 bits per heavy atom. The van der Waals surface area contributed by atoms with Crippen LogP contribution < -0.4 is 14.7 Å². The molecule has 3 rings (SSSR count). The molecule has 1 aliphatic rings. The molecule has 1 aromatic carbocycles. The Hall–Kier alpha value is -2.64. The van der Waals surface area contributed by atoms with Gasteiger partial charge >= 0.3 is 6.18 Å². The van der Waals surface area contributed by atoms with Crippen molar-refractivity contribution >= 4 is 17.4 Å². The van der Waals surface area contributed by atoms with Crippen LogP contribution in [0.5, 0.6) is 5.75 Å². The van der Waals surface area contributed by atoms with Gasteiger partial charge in [-0.05, 0) is 89.7 Å². The highest BCUT2D eigenvalue weighted by molar-refractivity contribution is 7.04. The Kier molecular flexibility index (Phi) is 8.67. The van der Waals surface area contributed by atoms with E-state index in [1.807, 2.05) is 13.1 Å². The Morgan fingerprint density at radius 1 is 1.31 bits per heavy atom. The molecule has 2 aromatic rings. The van der Waals surface area contributed by atoms with Crippen molar-refractivity contribution in [3.63, 3.8) is 0 Å². The molecule has 6 nitrogen and oxygen atoms in total. The van der Waals surface area contributed by atoms with Crippen molar-refractivity contribution in [2.45, 2.75) is 84.0 Å². The lowest BCUT2D eigenvalue weighted by Gasteiger charge is -2.25. The van der Waals surface area contributed by atoms with E-state index in [1.54, 1.807) is 6.19 Å². The Morgan fingerprint density at radius 3 is 2.64 bits per heavy atom. The fraction of sp³-hybridized carbons (Fsp3) is 0.577. The molecule has 10 heteroatoms. The van der Waals surface area contributed by atoms with Gasteiger partial charge in [-0.2, -0.15) is 23.4 Å². The summed E-state index contributed by atoms with van der Waals surface area (Å²) in [6, 6.07) is 3.25. The second-order valence-electron chi connectivity index (χ2n) is 10.4. The molecule has 1 N–H and O–H groups in total. The molecule has 1 aromatic heterocycles. The van der Waals surface area contributed by atoms with Gasteiger partial charge in [0, 0.05) is 22.8 Å². The van der Waals surface area contributed by atoms with Crippen LogP contribution in [0.2, 0.25) is 0 Å². The minimum atomic E-state index is -4.56. The van der Waals surface area contributed by atoms with Gasteiger partial charge in [-0.3, -0.25) is 3.96 Å². The Labute approximate surface area is 214 Å². The van der Waals surface area contributed by atoms with Crippen LogP contribution in [0.15, 0.2) is 34.4 Å². The second-order valence-corrected chi connectivity index (χ2v) is 11.3. The van der Waals surface area contributed by atoms with Crippen molar-refractivity contribution < 1.29 is 17.9 Å². The number of hydrogen-bond donors (Lipinski definition) is 1. The SMILES string of the molecule is CCCCc1cn(C(C)(C)C)s/c1=N\C(=NC#N)c1cc(C(F)(F)F)ccc1OC[C@]1(C)CCCN1. The lowest BCUT2D eigenvalue weighted by atomic mass is 10.0. The molecule has 0 radical (unpaired) electrons. The summed E-state index contributed by atoms with van der Waals surface area (Å²) < 4.78 is 49.6. The van der Waals surface area contributed by atoms with E-state index in [0.29, 0.717) is 4.67 Å². The molecular weight excluding hydrogens is 487 g/mol. The molecule has 1 atom stereocenters. The maximum Gasteiger partial charge on any atom is 0.416 e. The molecule has 1 aliphatic heterocycles. The van der Waals surface area contributed by atoms with Gasteiger partial charge < -0.3 is 10.1 Å².